The Hall–Kier alpha value is -2.43. The Morgan fingerprint density at radius 3 is 2.81 bits per heavy atom. The molecule has 0 aliphatic carbocycles. The van der Waals surface area contributed by atoms with E-state index in [0.29, 0.717) is 11.6 Å². The van der Waals surface area contributed by atoms with Crippen molar-refractivity contribution in [3.05, 3.63) is 53.1 Å². The molecule has 0 saturated carbocycles. The zero-order valence-corrected chi connectivity index (χ0v) is 12.3. The third kappa shape index (κ3) is 3.56. The number of carboxylic acids is 1. The van der Waals surface area contributed by atoms with E-state index in [9.17, 15) is 4.79 Å². The molecule has 0 unspecified atom stereocenters. The minimum Gasteiger partial charge on any atom is -0.487 e. The van der Waals surface area contributed by atoms with Crippen LogP contribution in [0.1, 0.15) is 46.9 Å². The second kappa shape index (κ2) is 6.35. The van der Waals surface area contributed by atoms with Gasteiger partial charge in [0.25, 0.3) is 0 Å². The molecular formula is C16H18N2O3. The number of aromatic nitrogens is 2. The van der Waals surface area contributed by atoms with Crippen LogP contribution in [0.2, 0.25) is 0 Å². The molecule has 0 radical (unpaired) electrons. The Labute approximate surface area is 123 Å². The second-order valence-corrected chi connectivity index (χ2v) is 5.16. The van der Waals surface area contributed by atoms with Crippen LogP contribution in [0.5, 0.6) is 5.75 Å². The van der Waals surface area contributed by atoms with E-state index in [2.05, 4.69) is 29.9 Å². The monoisotopic (exact) mass is 286 g/mol. The topological polar surface area (TPSA) is 72.3 Å². The van der Waals surface area contributed by atoms with E-state index in [4.69, 9.17) is 9.84 Å². The van der Waals surface area contributed by atoms with E-state index in [-0.39, 0.29) is 12.2 Å². The molecular weight excluding hydrogens is 268 g/mol. The van der Waals surface area contributed by atoms with E-state index in [0.717, 1.165) is 11.3 Å². The number of carbonyl (C=O) groups is 1. The fourth-order valence-corrected chi connectivity index (χ4v) is 1.93. The number of benzene rings is 1. The van der Waals surface area contributed by atoms with Crippen molar-refractivity contribution < 1.29 is 14.6 Å². The Bertz CT molecular complexity index is 654. The van der Waals surface area contributed by atoms with Gasteiger partial charge in [-0.3, -0.25) is 0 Å². The third-order valence-corrected chi connectivity index (χ3v) is 3.27. The molecule has 0 saturated heterocycles. The fraction of sp³-hybridized carbons (Fsp3) is 0.312. The predicted molar refractivity (Wildman–Crippen MR) is 78.6 cm³/mol. The molecule has 0 aliphatic heterocycles. The molecule has 2 aromatic rings. The van der Waals surface area contributed by atoms with Crippen molar-refractivity contribution >= 4 is 5.97 Å². The Balaban J connectivity index is 2.20. The number of carboxylic acid groups (broad SMARTS) is 1. The normalized spacial score (nSPS) is 10.7. The molecule has 5 heteroatoms. The number of aryl methyl sites for hydroxylation is 1. The van der Waals surface area contributed by atoms with Crippen LogP contribution in [0.4, 0.5) is 0 Å². The third-order valence-electron chi connectivity index (χ3n) is 3.27. The van der Waals surface area contributed by atoms with E-state index in [1.165, 1.54) is 18.1 Å². The maximum atomic E-state index is 11.1. The van der Waals surface area contributed by atoms with Crippen LogP contribution < -0.4 is 4.74 Å². The molecule has 0 spiro atoms. The smallest absolute Gasteiger partial charge is 0.339 e. The van der Waals surface area contributed by atoms with Gasteiger partial charge in [-0.2, -0.15) is 0 Å². The van der Waals surface area contributed by atoms with Gasteiger partial charge in [0.2, 0.25) is 0 Å². The van der Waals surface area contributed by atoms with Crippen LogP contribution in [0.25, 0.3) is 0 Å². The van der Waals surface area contributed by atoms with E-state index in [1.54, 1.807) is 0 Å². The second-order valence-electron chi connectivity index (χ2n) is 5.16. The average Bonchev–Trinajstić information content (AvgIpc) is 2.46. The molecule has 5 nitrogen and oxygen atoms in total. The molecule has 0 amide bonds. The first-order chi connectivity index (χ1) is 9.99. The number of rotatable bonds is 5. The number of nitrogens with zero attached hydrogens (tertiary/aromatic N) is 2. The maximum absolute atomic E-state index is 11.1. The summed E-state index contributed by atoms with van der Waals surface area (Å²) in [6.07, 6.45) is 2.61. The Morgan fingerprint density at radius 2 is 2.14 bits per heavy atom. The molecule has 0 aliphatic rings. The summed E-state index contributed by atoms with van der Waals surface area (Å²) in [6.45, 7) is 6.28. The van der Waals surface area contributed by atoms with Crippen LogP contribution in [0.15, 0.2) is 30.7 Å². The lowest BCUT2D eigenvalue weighted by Crippen LogP contribution is -2.09. The van der Waals surface area contributed by atoms with Gasteiger partial charge in [-0.25, -0.2) is 14.8 Å². The van der Waals surface area contributed by atoms with Gasteiger partial charge in [0.05, 0.1) is 5.69 Å². The molecule has 110 valence electrons. The highest BCUT2D eigenvalue weighted by Crippen LogP contribution is 2.25. The first-order valence-corrected chi connectivity index (χ1v) is 6.74. The first-order valence-electron chi connectivity index (χ1n) is 6.74. The lowest BCUT2D eigenvalue weighted by Gasteiger charge is -2.13. The molecule has 1 aromatic heterocycles. The highest BCUT2D eigenvalue weighted by Gasteiger charge is 2.13. The van der Waals surface area contributed by atoms with Crippen LogP contribution in [0.3, 0.4) is 0 Å². The highest BCUT2D eigenvalue weighted by molar-refractivity contribution is 5.88. The minimum absolute atomic E-state index is 0.0650. The molecule has 1 heterocycles. The molecule has 2 rings (SSSR count). The van der Waals surface area contributed by atoms with Crippen molar-refractivity contribution in [1.82, 2.24) is 9.97 Å². The predicted octanol–water partition coefficient (Wildman–Crippen LogP) is 3.19. The molecule has 21 heavy (non-hydrogen) atoms. The van der Waals surface area contributed by atoms with Gasteiger partial charge < -0.3 is 9.84 Å². The van der Waals surface area contributed by atoms with Gasteiger partial charge >= 0.3 is 5.97 Å². The lowest BCUT2D eigenvalue weighted by molar-refractivity contribution is 0.0692. The SMILES string of the molecule is Cc1ccc(C(C)C)cc1OCc1ncncc1C(=O)O. The van der Waals surface area contributed by atoms with Crippen molar-refractivity contribution in [2.24, 2.45) is 0 Å². The fourth-order valence-electron chi connectivity index (χ4n) is 1.93. The van der Waals surface area contributed by atoms with Crippen LogP contribution in [-0.4, -0.2) is 21.0 Å². The molecule has 0 atom stereocenters. The van der Waals surface area contributed by atoms with E-state index < -0.39 is 5.97 Å². The van der Waals surface area contributed by atoms with Crippen molar-refractivity contribution in [2.75, 3.05) is 0 Å². The van der Waals surface area contributed by atoms with Gasteiger partial charge in [-0.05, 0) is 30.0 Å². The summed E-state index contributed by atoms with van der Waals surface area (Å²) in [4.78, 5) is 18.8. The maximum Gasteiger partial charge on any atom is 0.339 e. The van der Waals surface area contributed by atoms with Crippen LogP contribution in [-0.2, 0) is 6.61 Å². The standard InChI is InChI=1S/C16H18N2O3/c1-10(2)12-5-4-11(3)15(6-12)21-8-14-13(16(19)20)7-17-9-18-14/h4-7,9-10H,8H2,1-3H3,(H,19,20). The largest absolute Gasteiger partial charge is 0.487 e. The van der Waals surface area contributed by atoms with Crippen molar-refractivity contribution in [3.63, 3.8) is 0 Å². The summed E-state index contributed by atoms with van der Waals surface area (Å²) < 4.78 is 5.75. The first kappa shape index (κ1) is 15.0. The lowest BCUT2D eigenvalue weighted by atomic mass is 10.0. The van der Waals surface area contributed by atoms with Crippen molar-refractivity contribution in [2.45, 2.75) is 33.3 Å². The van der Waals surface area contributed by atoms with Gasteiger partial charge in [-0.15, -0.1) is 0 Å². The molecule has 0 bridgehead atoms. The van der Waals surface area contributed by atoms with Gasteiger partial charge in [0, 0.05) is 6.20 Å². The summed E-state index contributed by atoms with van der Waals surface area (Å²) in [5, 5.41) is 9.10. The number of aromatic carboxylic acids is 1. The summed E-state index contributed by atoms with van der Waals surface area (Å²) in [5.41, 5.74) is 2.61. The quantitative estimate of drug-likeness (QED) is 0.913. The molecule has 0 fully saturated rings. The number of ether oxygens (including phenoxy) is 1. The summed E-state index contributed by atoms with van der Waals surface area (Å²) >= 11 is 0. The zero-order valence-electron chi connectivity index (χ0n) is 12.3. The Kier molecular flexibility index (Phi) is 4.52. The summed E-state index contributed by atoms with van der Waals surface area (Å²) in [5.74, 6) is 0.0968. The number of hydrogen-bond donors (Lipinski definition) is 1. The molecule has 1 N–H and O–H groups in total. The van der Waals surface area contributed by atoms with Gasteiger partial charge in [0.1, 0.15) is 24.2 Å². The van der Waals surface area contributed by atoms with E-state index in [1.807, 2.05) is 19.1 Å². The van der Waals surface area contributed by atoms with Crippen LogP contribution in [0, 0.1) is 6.92 Å². The summed E-state index contributed by atoms with van der Waals surface area (Å²) in [7, 11) is 0. The van der Waals surface area contributed by atoms with Gasteiger partial charge in [0.15, 0.2) is 0 Å². The van der Waals surface area contributed by atoms with Crippen LogP contribution >= 0.6 is 0 Å². The van der Waals surface area contributed by atoms with Crippen molar-refractivity contribution in [3.8, 4) is 5.75 Å². The van der Waals surface area contributed by atoms with Crippen molar-refractivity contribution in [1.29, 1.82) is 0 Å². The van der Waals surface area contributed by atoms with E-state index >= 15 is 0 Å². The minimum atomic E-state index is -1.05. The molecule has 1 aromatic carbocycles. The number of hydrogen-bond acceptors (Lipinski definition) is 4. The Morgan fingerprint density at radius 1 is 1.38 bits per heavy atom. The average molecular weight is 286 g/mol. The van der Waals surface area contributed by atoms with Gasteiger partial charge in [-0.1, -0.05) is 26.0 Å². The zero-order chi connectivity index (χ0) is 15.4. The highest BCUT2D eigenvalue weighted by atomic mass is 16.5. The summed E-state index contributed by atoms with van der Waals surface area (Å²) in [6, 6.07) is 6.06.